The minimum Gasteiger partial charge on any atom is -0.389 e. The molecule has 100 valence electrons. The first-order valence-electron chi connectivity index (χ1n) is 5.51. The third-order valence-corrected chi connectivity index (χ3v) is 3.39. The van der Waals surface area contributed by atoms with Crippen LogP contribution in [0.2, 0.25) is 0 Å². The number of aliphatic hydroxyl groups excluding tert-OH is 1. The highest BCUT2D eigenvalue weighted by atomic mass is 32.2. The Kier molecular flexibility index (Phi) is 3.87. The summed E-state index contributed by atoms with van der Waals surface area (Å²) in [4.78, 5) is 8.21. The van der Waals surface area contributed by atoms with Crippen LogP contribution >= 0.6 is 11.8 Å². The Hall–Kier alpha value is -1.86. The number of nitrogens with zero attached hydrogens (tertiary/aromatic N) is 2. The molecule has 0 aliphatic rings. The van der Waals surface area contributed by atoms with Crippen molar-refractivity contribution in [2.75, 3.05) is 11.5 Å². The normalized spacial score (nSPS) is 12.4. The van der Waals surface area contributed by atoms with Crippen molar-refractivity contribution in [1.29, 1.82) is 0 Å². The molecule has 0 amide bonds. The van der Waals surface area contributed by atoms with Gasteiger partial charge in [-0.3, -0.25) is 0 Å². The molecule has 0 bridgehead atoms. The molecule has 1 aromatic carbocycles. The zero-order valence-corrected chi connectivity index (χ0v) is 11.0. The Morgan fingerprint density at radius 1 is 1.26 bits per heavy atom. The van der Waals surface area contributed by atoms with Crippen molar-refractivity contribution in [3.8, 4) is 0 Å². The summed E-state index contributed by atoms with van der Waals surface area (Å²) in [5, 5.41) is 9.89. The van der Waals surface area contributed by atoms with E-state index in [2.05, 4.69) is 9.97 Å². The third-order valence-electron chi connectivity index (χ3n) is 2.39. The fraction of sp³-hybridized carbons (Fsp3) is 0.167. The van der Waals surface area contributed by atoms with Crippen LogP contribution in [-0.2, 0) is 0 Å². The Morgan fingerprint density at radius 3 is 2.47 bits per heavy atom. The molecule has 19 heavy (non-hydrogen) atoms. The summed E-state index contributed by atoms with van der Waals surface area (Å²) in [7, 11) is 0. The van der Waals surface area contributed by atoms with E-state index < -0.39 is 11.9 Å². The van der Waals surface area contributed by atoms with Crippen molar-refractivity contribution >= 4 is 23.4 Å². The van der Waals surface area contributed by atoms with Gasteiger partial charge in [0, 0.05) is 6.07 Å². The van der Waals surface area contributed by atoms with Gasteiger partial charge in [-0.1, -0.05) is 12.1 Å². The van der Waals surface area contributed by atoms with Crippen molar-refractivity contribution < 1.29 is 9.50 Å². The van der Waals surface area contributed by atoms with Gasteiger partial charge in [0.1, 0.15) is 17.5 Å². The van der Waals surface area contributed by atoms with Crippen LogP contribution in [0.4, 0.5) is 16.0 Å². The minimum atomic E-state index is -0.795. The van der Waals surface area contributed by atoms with E-state index in [1.165, 1.54) is 18.2 Å². The van der Waals surface area contributed by atoms with Crippen LogP contribution in [0, 0.1) is 5.82 Å². The molecule has 0 aliphatic carbocycles. The number of nitrogens with two attached hydrogens (primary N) is 2. The number of halogens is 1. The maximum atomic E-state index is 13.8. The molecule has 0 spiro atoms. The summed E-state index contributed by atoms with van der Waals surface area (Å²) in [5.74, 6) is -0.0251. The van der Waals surface area contributed by atoms with Crippen LogP contribution < -0.4 is 11.5 Å². The van der Waals surface area contributed by atoms with Gasteiger partial charge in [-0.15, -0.1) is 0 Å². The molecule has 2 aromatic rings. The topological polar surface area (TPSA) is 98.0 Å². The predicted octanol–water partition coefficient (Wildman–Crippen LogP) is 1.98. The van der Waals surface area contributed by atoms with Crippen molar-refractivity contribution in [2.24, 2.45) is 0 Å². The number of aliphatic hydroxyl groups is 1. The summed E-state index contributed by atoms with van der Waals surface area (Å²) in [6, 6.07) is 5.91. The number of hydrogen-bond acceptors (Lipinski definition) is 6. The quantitative estimate of drug-likeness (QED) is 0.744. The first kappa shape index (κ1) is 13.6. The summed E-state index contributed by atoms with van der Waals surface area (Å²) in [6.07, 6.45) is -0.795. The van der Waals surface area contributed by atoms with Crippen LogP contribution in [0.1, 0.15) is 18.6 Å². The molecule has 1 unspecified atom stereocenters. The molecule has 2 rings (SSSR count). The second-order valence-corrected chi connectivity index (χ2v) is 4.91. The van der Waals surface area contributed by atoms with E-state index in [4.69, 9.17) is 11.5 Å². The molecule has 7 heteroatoms. The van der Waals surface area contributed by atoms with E-state index >= 15 is 0 Å². The van der Waals surface area contributed by atoms with Gasteiger partial charge in [0.2, 0.25) is 0 Å². The summed E-state index contributed by atoms with van der Waals surface area (Å²) < 4.78 is 13.8. The number of aromatic nitrogens is 2. The molecular weight excluding hydrogens is 267 g/mol. The summed E-state index contributed by atoms with van der Waals surface area (Å²) in [6.45, 7) is 1.56. The molecule has 5 nitrogen and oxygen atoms in total. The lowest BCUT2D eigenvalue weighted by molar-refractivity contribution is 0.195. The van der Waals surface area contributed by atoms with Crippen LogP contribution in [0.15, 0.2) is 34.3 Å². The van der Waals surface area contributed by atoms with Crippen molar-refractivity contribution in [2.45, 2.75) is 23.1 Å². The Labute approximate surface area is 113 Å². The fourth-order valence-corrected chi connectivity index (χ4v) is 2.57. The Balaban J connectivity index is 2.42. The monoisotopic (exact) mass is 280 g/mol. The van der Waals surface area contributed by atoms with Gasteiger partial charge >= 0.3 is 0 Å². The first-order valence-corrected chi connectivity index (χ1v) is 6.33. The average molecular weight is 280 g/mol. The number of anilines is 2. The number of rotatable bonds is 3. The molecule has 0 radical (unpaired) electrons. The van der Waals surface area contributed by atoms with E-state index in [1.54, 1.807) is 13.0 Å². The predicted molar refractivity (Wildman–Crippen MR) is 72.0 cm³/mol. The van der Waals surface area contributed by atoms with Gasteiger partial charge in [0.25, 0.3) is 0 Å². The molecule has 5 N–H and O–H groups in total. The van der Waals surface area contributed by atoms with Crippen LogP contribution in [-0.4, -0.2) is 15.1 Å². The largest absolute Gasteiger partial charge is 0.389 e. The van der Waals surface area contributed by atoms with E-state index in [0.717, 1.165) is 11.8 Å². The van der Waals surface area contributed by atoms with E-state index in [0.29, 0.717) is 5.56 Å². The molecule has 1 heterocycles. The summed E-state index contributed by atoms with van der Waals surface area (Å²) in [5.41, 5.74) is 11.6. The lowest BCUT2D eigenvalue weighted by Gasteiger charge is -2.11. The molecule has 1 atom stereocenters. The Morgan fingerprint density at radius 2 is 1.89 bits per heavy atom. The van der Waals surface area contributed by atoms with Crippen molar-refractivity contribution in [3.05, 3.63) is 35.6 Å². The van der Waals surface area contributed by atoms with Gasteiger partial charge in [-0.2, -0.15) is 0 Å². The van der Waals surface area contributed by atoms with Gasteiger partial charge in [-0.25, -0.2) is 14.4 Å². The van der Waals surface area contributed by atoms with Crippen LogP contribution in [0.5, 0.6) is 0 Å². The Bertz CT molecular complexity index is 586. The molecular formula is C12H13FN4OS. The number of hydrogen-bond donors (Lipinski definition) is 3. The van der Waals surface area contributed by atoms with Crippen molar-refractivity contribution in [1.82, 2.24) is 9.97 Å². The van der Waals surface area contributed by atoms with E-state index in [-0.39, 0.29) is 21.7 Å². The number of nitrogen functional groups attached to an aromatic ring is 2. The highest BCUT2D eigenvalue weighted by molar-refractivity contribution is 7.99. The molecule has 0 fully saturated rings. The first-order chi connectivity index (χ1) is 8.97. The molecule has 0 saturated carbocycles. The van der Waals surface area contributed by atoms with E-state index in [1.807, 2.05) is 0 Å². The lowest BCUT2D eigenvalue weighted by Crippen LogP contribution is -2.01. The minimum absolute atomic E-state index is 0.213. The van der Waals surface area contributed by atoms with Gasteiger partial charge in [0.15, 0.2) is 5.16 Å². The maximum absolute atomic E-state index is 13.8. The zero-order chi connectivity index (χ0) is 14.0. The van der Waals surface area contributed by atoms with Gasteiger partial charge < -0.3 is 16.6 Å². The highest BCUT2D eigenvalue weighted by Crippen LogP contribution is 2.34. The van der Waals surface area contributed by atoms with Crippen LogP contribution in [0.3, 0.4) is 0 Å². The van der Waals surface area contributed by atoms with Crippen molar-refractivity contribution in [3.63, 3.8) is 0 Å². The highest BCUT2D eigenvalue weighted by Gasteiger charge is 2.15. The standard InChI is InChI=1S/C12H13FN4OS/c1-6(18)7-3-2-4-8(13)11(7)19-12-16-9(14)5-10(15)17-12/h2-6,18H,1H3,(H4,14,15,16,17). The SMILES string of the molecule is CC(O)c1cccc(F)c1Sc1nc(N)cc(N)n1. The second kappa shape index (κ2) is 5.41. The maximum Gasteiger partial charge on any atom is 0.196 e. The van der Waals surface area contributed by atoms with Gasteiger partial charge in [0.05, 0.1) is 11.0 Å². The third kappa shape index (κ3) is 3.12. The molecule has 0 saturated heterocycles. The number of benzene rings is 1. The van der Waals surface area contributed by atoms with Crippen LogP contribution in [0.25, 0.3) is 0 Å². The lowest BCUT2D eigenvalue weighted by atomic mass is 10.1. The molecule has 0 aliphatic heterocycles. The fourth-order valence-electron chi connectivity index (χ4n) is 1.56. The second-order valence-electron chi connectivity index (χ2n) is 3.94. The average Bonchev–Trinajstić information content (AvgIpc) is 2.30. The zero-order valence-electron chi connectivity index (χ0n) is 10.2. The van der Waals surface area contributed by atoms with E-state index in [9.17, 15) is 9.50 Å². The molecule has 1 aromatic heterocycles. The smallest absolute Gasteiger partial charge is 0.196 e. The van der Waals surface area contributed by atoms with Gasteiger partial charge in [-0.05, 0) is 30.3 Å². The summed E-state index contributed by atoms with van der Waals surface area (Å²) >= 11 is 0.980.